The molecule has 2 rings (SSSR count). The fourth-order valence-corrected chi connectivity index (χ4v) is 2.40. The molecule has 1 amide bonds. The molecule has 0 saturated carbocycles. The van der Waals surface area contributed by atoms with E-state index >= 15 is 0 Å². The average Bonchev–Trinajstić information content (AvgIpc) is 2.66. The van der Waals surface area contributed by atoms with Gasteiger partial charge in [0.2, 0.25) is 5.91 Å². The van der Waals surface area contributed by atoms with E-state index in [9.17, 15) is 9.59 Å². The molecule has 0 aliphatic carbocycles. The van der Waals surface area contributed by atoms with Crippen LogP contribution >= 0.6 is 0 Å². The average molecular weight is 291 g/mol. The Morgan fingerprint density at radius 3 is 2.95 bits per heavy atom. The fraction of sp³-hybridized carbons (Fsp3) is 0.467. The molecule has 0 radical (unpaired) electrons. The summed E-state index contributed by atoms with van der Waals surface area (Å²) < 4.78 is 0. The zero-order valence-electron chi connectivity index (χ0n) is 12.0. The number of nitrogens with one attached hydrogen (secondary N) is 2. The summed E-state index contributed by atoms with van der Waals surface area (Å²) in [5.41, 5.74) is 1.32. The number of hydrogen-bond acceptors (Lipinski definition) is 4. The molecule has 0 spiro atoms. The number of carbonyl (C=O) groups excluding carboxylic acids is 1. The third-order valence-electron chi connectivity index (χ3n) is 3.37. The second kappa shape index (κ2) is 7.75. The van der Waals surface area contributed by atoms with Crippen molar-refractivity contribution in [3.05, 3.63) is 29.8 Å². The van der Waals surface area contributed by atoms with Crippen molar-refractivity contribution >= 4 is 17.6 Å². The molecule has 1 aliphatic heterocycles. The van der Waals surface area contributed by atoms with Gasteiger partial charge >= 0.3 is 5.97 Å². The van der Waals surface area contributed by atoms with Gasteiger partial charge in [0.25, 0.3) is 0 Å². The summed E-state index contributed by atoms with van der Waals surface area (Å²) in [6, 6.07) is 6.97. The molecular formula is C15H21N3O3. The van der Waals surface area contributed by atoms with Crippen molar-refractivity contribution in [2.24, 2.45) is 0 Å². The van der Waals surface area contributed by atoms with Gasteiger partial charge in [0.1, 0.15) is 0 Å². The summed E-state index contributed by atoms with van der Waals surface area (Å²) in [5.74, 6) is -0.945. The van der Waals surface area contributed by atoms with Crippen LogP contribution in [-0.2, 0) is 16.0 Å². The third-order valence-corrected chi connectivity index (χ3v) is 3.37. The van der Waals surface area contributed by atoms with E-state index in [1.807, 2.05) is 0 Å². The zero-order chi connectivity index (χ0) is 15.1. The van der Waals surface area contributed by atoms with Crippen molar-refractivity contribution in [2.75, 3.05) is 38.0 Å². The second-order valence-electron chi connectivity index (χ2n) is 5.20. The van der Waals surface area contributed by atoms with Crippen LogP contribution in [0.3, 0.4) is 0 Å². The number of nitrogens with zero attached hydrogens (tertiary/aromatic N) is 1. The quantitative estimate of drug-likeness (QED) is 0.738. The van der Waals surface area contributed by atoms with Crippen LogP contribution in [0.5, 0.6) is 0 Å². The molecule has 114 valence electrons. The minimum absolute atomic E-state index is 0.0402. The maximum absolute atomic E-state index is 12.0. The molecule has 21 heavy (non-hydrogen) atoms. The van der Waals surface area contributed by atoms with Gasteiger partial charge in [-0.3, -0.25) is 14.5 Å². The summed E-state index contributed by atoms with van der Waals surface area (Å²) in [6.07, 6.45) is 1.00. The Morgan fingerprint density at radius 2 is 2.14 bits per heavy atom. The molecular weight excluding hydrogens is 270 g/mol. The molecule has 0 atom stereocenters. The summed E-state index contributed by atoms with van der Waals surface area (Å²) in [6.45, 7) is 4.05. The predicted octanol–water partition coefficient (Wildman–Crippen LogP) is 0.547. The number of amides is 1. The molecule has 0 bridgehead atoms. The Bertz CT molecular complexity index is 497. The lowest BCUT2D eigenvalue weighted by Gasteiger charge is -2.18. The molecule has 6 heteroatoms. The van der Waals surface area contributed by atoms with Gasteiger partial charge in [0.15, 0.2) is 0 Å². The van der Waals surface area contributed by atoms with Crippen LogP contribution in [0.25, 0.3) is 0 Å². The normalized spacial score (nSPS) is 16.2. The van der Waals surface area contributed by atoms with Crippen molar-refractivity contribution in [3.63, 3.8) is 0 Å². The van der Waals surface area contributed by atoms with Gasteiger partial charge in [-0.15, -0.1) is 0 Å². The first-order chi connectivity index (χ1) is 10.1. The van der Waals surface area contributed by atoms with Gasteiger partial charge < -0.3 is 15.7 Å². The molecule has 0 aromatic heterocycles. The maximum atomic E-state index is 12.0. The number of rotatable bonds is 5. The van der Waals surface area contributed by atoms with Crippen LogP contribution in [0, 0.1) is 0 Å². The van der Waals surface area contributed by atoms with Crippen LogP contribution in [-0.4, -0.2) is 54.6 Å². The van der Waals surface area contributed by atoms with Crippen molar-refractivity contribution in [2.45, 2.75) is 12.8 Å². The number of hydrogen-bond donors (Lipinski definition) is 3. The molecule has 1 aliphatic rings. The van der Waals surface area contributed by atoms with Crippen LogP contribution in [0.15, 0.2) is 24.3 Å². The first kappa shape index (κ1) is 15.5. The predicted molar refractivity (Wildman–Crippen MR) is 80.3 cm³/mol. The SMILES string of the molecule is O=C(O)Cc1cccc(NC(=O)CN2CCCNCC2)c1. The minimum atomic E-state index is -0.879. The molecule has 0 unspecified atom stereocenters. The van der Waals surface area contributed by atoms with Crippen molar-refractivity contribution in [1.29, 1.82) is 0 Å². The Hall–Kier alpha value is -1.92. The van der Waals surface area contributed by atoms with Gasteiger partial charge in [-0.05, 0) is 37.2 Å². The summed E-state index contributed by atoms with van der Waals surface area (Å²) in [4.78, 5) is 24.9. The number of carboxylic acid groups (broad SMARTS) is 1. The van der Waals surface area contributed by atoms with Crippen molar-refractivity contribution in [1.82, 2.24) is 10.2 Å². The standard InChI is InChI=1S/C15H21N3O3/c19-14(11-18-7-2-5-16-6-8-18)17-13-4-1-3-12(9-13)10-15(20)21/h1,3-4,9,16H,2,5-8,10-11H2,(H,17,19)(H,20,21). The van der Waals surface area contributed by atoms with E-state index < -0.39 is 5.97 Å². The smallest absolute Gasteiger partial charge is 0.307 e. The van der Waals surface area contributed by atoms with E-state index in [-0.39, 0.29) is 12.3 Å². The molecule has 1 saturated heterocycles. The highest BCUT2D eigenvalue weighted by Gasteiger charge is 2.13. The number of benzene rings is 1. The van der Waals surface area contributed by atoms with Crippen LogP contribution in [0.1, 0.15) is 12.0 Å². The van der Waals surface area contributed by atoms with Crippen LogP contribution in [0.4, 0.5) is 5.69 Å². The summed E-state index contributed by atoms with van der Waals surface area (Å²) in [7, 11) is 0. The van der Waals surface area contributed by atoms with E-state index in [1.54, 1.807) is 24.3 Å². The Morgan fingerprint density at radius 1 is 1.29 bits per heavy atom. The molecule has 1 aromatic carbocycles. The monoisotopic (exact) mass is 291 g/mol. The largest absolute Gasteiger partial charge is 0.481 e. The highest BCUT2D eigenvalue weighted by Crippen LogP contribution is 2.11. The zero-order valence-corrected chi connectivity index (χ0v) is 12.0. The number of carboxylic acids is 1. The summed E-state index contributed by atoms with van der Waals surface area (Å²) >= 11 is 0. The van der Waals surface area contributed by atoms with Gasteiger partial charge in [-0.2, -0.15) is 0 Å². The Kier molecular flexibility index (Phi) is 5.71. The molecule has 1 fully saturated rings. The second-order valence-corrected chi connectivity index (χ2v) is 5.20. The van der Waals surface area contributed by atoms with Gasteiger partial charge in [0.05, 0.1) is 13.0 Å². The molecule has 1 aromatic rings. The molecule has 3 N–H and O–H groups in total. The first-order valence-corrected chi connectivity index (χ1v) is 7.17. The van der Waals surface area contributed by atoms with Crippen LogP contribution < -0.4 is 10.6 Å². The lowest BCUT2D eigenvalue weighted by molar-refractivity contribution is -0.136. The number of aliphatic carboxylic acids is 1. The topological polar surface area (TPSA) is 81.7 Å². The highest BCUT2D eigenvalue weighted by atomic mass is 16.4. The van der Waals surface area contributed by atoms with E-state index in [1.165, 1.54) is 0 Å². The van der Waals surface area contributed by atoms with Crippen molar-refractivity contribution in [3.8, 4) is 0 Å². The van der Waals surface area contributed by atoms with Gasteiger partial charge in [-0.25, -0.2) is 0 Å². The Balaban J connectivity index is 1.88. The lowest BCUT2D eigenvalue weighted by Crippen LogP contribution is -2.35. The number of carbonyl (C=O) groups is 2. The van der Waals surface area contributed by atoms with E-state index in [4.69, 9.17) is 5.11 Å². The lowest BCUT2D eigenvalue weighted by atomic mass is 10.1. The summed E-state index contributed by atoms with van der Waals surface area (Å²) in [5, 5.41) is 14.9. The third kappa shape index (κ3) is 5.53. The molecule has 1 heterocycles. The minimum Gasteiger partial charge on any atom is -0.481 e. The number of anilines is 1. The van der Waals surface area contributed by atoms with Crippen LogP contribution in [0.2, 0.25) is 0 Å². The van der Waals surface area contributed by atoms with E-state index in [0.717, 1.165) is 32.6 Å². The van der Waals surface area contributed by atoms with Gasteiger partial charge in [-0.1, -0.05) is 12.1 Å². The molecule has 6 nitrogen and oxygen atoms in total. The van der Waals surface area contributed by atoms with Gasteiger partial charge in [0, 0.05) is 18.8 Å². The fourth-order valence-electron chi connectivity index (χ4n) is 2.40. The Labute approximate surface area is 124 Å². The highest BCUT2D eigenvalue weighted by molar-refractivity contribution is 5.92. The van der Waals surface area contributed by atoms with Crippen molar-refractivity contribution < 1.29 is 14.7 Å². The van der Waals surface area contributed by atoms with E-state index in [0.29, 0.717) is 17.8 Å². The van der Waals surface area contributed by atoms with E-state index in [2.05, 4.69) is 15.5 Å². The maximum Gasteiger partial charge on any atom is 0.307 e. The first-order valence-electron chi connectivity index (χ1n) is 7.17.